The fourth-order valence-corrected chi connectivity index (χ4v) is 4.86. The van der Waals surface area contributed by atoms with Crippen molar-refractivity contribution in [3.63, 3.8) is 0 Å². The van der Waals surface area contributed by atoms with Crippen molar-refractivity contribution in [2.75, 3.05) is 0 Å². The first kappa shape index (κ1) is 17.0. The summed E-state index contributed by atoms with van der Waals surface area (Å²) in [6.45, 7) is 6.86. The van der Waals surface area contributed by atoms with E-state index in [4.69, 9.17) is 5.41 Å². The van der Waals surface area contributed by atoms with Gasteiger partial charge in [0.2, 0.25) is 0 Å². The van der Waals surface area contributed by atoms with E-state index in [-0.39, 0.29) is 12.0 Å². The van der Waals surface area contributed by atoms with E-state index >= 15 is 0 Å². The van der Waals surface area contributed by atoms with Crippen molar-refractivity contribution in [1.82, 2.24) is 0 Å². The molecule has 0 amide bonds. The van der Waals surface area contributed by atoms with E-state index in [0.29, 0.717) is 16.5 Å². The number of hydrogen-bond acceptors (Lipinski definition) is 2. The van der Waals surface area contributed by atoms with Crippen LogP contribution in [0.15, 0.2) is 0 Å². The van der Waals surface area contributed by atoms with Crippen molar-refractivity contribution in [3.05, 3.63) is 0 Å². The van der Waals surface area contributed by atoms with Gasteiger partial charge in [-0.05, 0) is 56.3 Å². The minimum Gasteiger partial charge on any atom is -0.392 e. The maximum Gasteiger partial charge on any atom is 0.0620 e. The van der Waals surface area contributed by atoms with Gasteiger partial charge in [0.1, 0.15) is 0 Å². The highest BCUT2D eigenvalue weighted by atomic mass is 16.3. The lowest BCUT2D eigenvalue weighted by atomic mass is 9.57. The molecule has 2 aliphatic carbocycles. The van der Waals surface area contributed by atoms with Gasteiger partial charge in [-0.2, -0.15) is 0 Å². The van der Waals surface area contributed by atoms with E-state index in [1.165, 1.54) is 51.4 Å². The molecule has 2 aliphatic rings. The summed E-state index contributed by atoms with van der Waals surface area (Å²) in [6, 6.07) is 0. The van der Waals surface area contributed by atoms with E-state index in [1.807, 2.05) is 6.92 Å². The van der Waals surface area contributed by atoms with Crippen molar-refractivity contribution < 1.29 is 5.11 Å². The minimum atomic E-state index is -0.290. The zero-order chi connectivity index (χ0) is 15.5. The molecule has 2 saturated carbocycles. The first-order valence-corrected chi connectivity index (χ1v) is 9.11. The Morgan fingerprint density at radius 2 is 1.33 bits per heavy atom. The lowest BCUT2D eigenvalue weighted by Gasteiger charge is -2.48. The predicted octanol–water partition coefficient (Wildman–Crippen LogP) is 5.33. The fraction of sp³-hybridized carbons (Fsp3) is 0.947. The maximum absolute atomic E-state index is 10.4. The van der Waals surface area contributed by atoms with E-state index in [9.17, 15) is 5.11 Å². The number of rotatable bonds is 2. The van der Waals surface area contributed by atoms with Crippen molar-refractivity contribution in [2.45, 2.75) is 97.5 Å². The Kier molecular flexibility index (Phi) is 5.51. The zero-order valence-electron chi connectivity index (χ0n) is 14.4. The van der Waals surface area contributed by atoms with Gasteiger partial charge in [0, 0.05) is 11.6 Å². The monoisotopic (exact) mass is 293 g/mol. The van der Waals surface area contributed by atoms with Crippen molar-refractivity contribution >= 4 is 5.71 Å². The minimum absolute atomic E-state index is 0.101. The van der Waals surface area contributed by atoms with Gasteiger partial charge >= 0.3 is 0 Å². The highest BCUT2D eigenvalue weighted by Gasteiger charge is 2.45. The third-order valence-corrected chi connectivity index (χ3v) is 6.93. The smallest absolute Gasteiger partial charge is 0.0620 e. The van der Waals surface area contributed by atoms with Crippen molar-refractivity contribution in [1.29, 1.82) is 5.41 Å². The topological polar surface area (TPSA) is 44.1 Å². The van der Waals surface area contributed by atoms with E-state index < -0.39 is 0 Å². The first-order valence-electron chi connectivity index (χ1n) is 9.11. The van der Waals surface area contributed by atoms with Crippen LogP contribution in [-0.2, 0) is 0 Å². The Hall–Kier alpha value is -0.370. The summed E-state index contributed by atoms with van der Waals surface area (Å²) in [6.07, 6.45) is 13.6. The molecule has 122 valence electrons. The van der Waals surface area contributed by atoms with Crippen LogP contribution in [0.3, 0.4) is 0 Å². The molecule has 0 saturated heterocycles. The molecule has 0 bridgehead atoms. The molecule has 0 heterocycles. The molecule has 0 aromatic rings. The molecule has 2 heteroatoms. The van der Waals surface area contributed by atoms with Gasteiger partial charge in [-0.25, -0.2) is 0 Å². The van der Waals surface area contributed by atoms with Gasteiger partial charge in [-0.15, -0.1) is 0 Å². The van der Waals surface area contributed by atoms with Crippen LogP contribution in [0.4, 0.5) is 0 Å². The van der Waals surface area contributed by atoms with Crippen molar-refractivity contribution in [3.8, 4) is 0 Å². The molecule has 3 atom stereocenters. The quantitative estimate of drug-likeness (QED) is 0.524. The second-order valence-corrected chi connectivity index (χ2v) is 8.32. The fourth-order valence-electron chi connectivity index (χ4n) is 4.86. The molecule has 0 spiro atoms. The summed E-state index contributed by atoms with van der Waals surface area (Å²) in [5.41, 5.74) is 1.45. The zero-order valence-corrected chi connectivity index (χ0v) is 14.4. The SMILES string of the molecule is CC(=N)C1CCC(C)(C2(C)CCCCCCC2)CCC1O. The number of aliphatic hydroxyl groups excluding tert-OH is 1. The van der Waals surface area contributed by atoms with Gasteiger partial charge in [0.25, 0.3) is 0 Å². The van der Waals surface area contributed by atoms with Crippen LogP contribution in [0.1, 0.15) is 91.4 Å². The Morgan fingerprint density at radius 3 is 1.90 bits per heavy atom. The normalized spacial score (nSPS) is 38.1. The Morgan fingerprint density at radius 1 is 0.857 bits per heavy atom. The second kappa shape index (κ2) is 6.81. The predicted molar refractivity (Wildman–Crippen MR) is 89.9 cm³/mol. The van der Waals surface area contributed by atoms with Crippen LogP contribution in [-0.4, -0.2) is 16.9 Å². The molecule has 0 aromatic heterocycles. The Bertz CT molecular complexity index is 357. The molecule has 2 N–H and O–H groups in total. The lowest BCUT2D eigenvalue weighted by molar-refractivity contribution is 0.0206. The largest absolute Gasteiger partial charge is 0.392 e. The average molecular weight is 293 g/mol. The van der Waals surface area contributed by atoms with Crippen molar-refractivity contribution in [2.24, 2.45) is 16.7 Å². The van der Waals surface area contributed by atoms with Crippen LogP contribution in [0.2, 0.25) is 0 Å². The number of aliphatic hydroxyl groups is 1. The van der Waals surface area contributed by atoms with Crippen LogP contribution in [0.5, 0.6) is 0 Å². The molecule has 0 aliphatic heterocycles. The Balaban J connectivity index is 2.14. The highest BCUT2D eigenvalue weighted by Crippen LogP contribution is 2.55. The summed E-state index contributed by atoms with van der Waals surface area (Å²) in [7, 11) is 0. The van der Waals surface area contributed by atoms with E-state index in [0.717, 1.165) is 19.3 Å². The Labute approximate surface area is 131 Å². The molecule has 2 rings (SSSR count). The molecule has 3 unspecified atom stereocenters. The van der Waals surface area contributed by atoms with Gasteiger partial charge in [0.05, 0.1) is 6.10 Å². The van der Waals surface area contributed by atoms with Gasteiger partial charge in [-0.3, -0.25) is 0 Å². The average Bonchev–Trinajstić information content (AvgIpc) is 2.55. The summed E-state index contributed by atoms with van der Waals surface area (Å²) in [5.74, 6) is 0.101. The third-order valence-electron chi connectivity index (χ3n) is 6.93. The molecule has 0 aromatic carbocycles. The molecule has 21 heavy (non-hydrogen) atoms. The summed E-state index contributed by atoms with van der Waals surface area (Å²) in [4.78, 5) is 0. The summed E-state index contributed by atoms with van der Waals surface area (Å²) < 4.78 is 0. The van der Waals surface area contributed by atoms with Gasteiger partial charge < -0.3 is 10.5 Å². The summed E-state index contributed by atoms with van der Waals surface area (Å²) >= 11 is 0. The molecular weight excluding hydrogens is 258 g/mol. The van der Waals surface area contributed by atoms with Crippen LogP contribution < -0.4 is 0 Å². The molecular formula is C19H35NO. The van der Waals surface area contributed by atoms with E-state index in [2.05, 4.69) is 13.8 Å². The maximum atomic E-state index is 10.4. The summed E-state index contributed by atoms with van der Waals surface area (Å²) in [5, 5.41) is 18.3. The second-order valence-electron chi connectivity index (χ2n) is 8.32. The number of hydrogen-bond donors (Lipinski definition) is 2. The first-order chi connectivity index (χ1) is 9.88. The molecule has 2 nitrogen and oxygen atoms in total. The standard InChI is InChI=1S/C19H35NO/c1-15(20)16-9-13-19(3,14-10-17(16)21)18(2)11-7-5-4-6-8-12-18/h16-17,20-21H,4-14H2,1-3H3. The number of nitrogens with one attached hydrogen (secondary N) is 1. The van der Waals surface area contributed by atoms with E-state index in [1.54, 1.807) is 0 Å². The third kappa shape index (κ3) is 3.70. The van der Waals surface area contributed by atoms with Gasteiger partial charge in [-0.1, -0.05) is 46.0 Å². The van der Waals surface area contributed by atoms with Crippen LogP contribution in [0.25, 0.3) is 0 Å². The van der Waals surface area contributed by atoms with Crippen LogP contribution >= 0.6 is 0 Å². The molecule has 2 fully saturated rings. The van der Waals surface area contributed by atoms with Crippen LogP contribution in [0, 0.1) is 22.2 Å². The highest BCUT2D eigenvalue weighted by molar-refractivity contribution is 5.81. The lowest BCUT2D eigenvalue weighted by Crippen LogP contribution is -2.38. The van der Waals surface area contributed by atoms with Gasteiger partial charge in [0.15, 0.2) is 0 Å². The molecule has 0 radical (unpaired) electrons.